The van der Waals surface area contributed by atoms with Gasteiger partial charge in [-0.3, -0.25) is 0 Å². The molecular formula is C6H15N3O. The second-order valence-electron chi connectivity index (χ2n) is 2.48. The fourth-order valence-corrected chi connectivity index (χ4v) is 0.721. The predicted octanol–water partition coefficient (Wildman–Crippen LogP) is -1.07. The standard InChI is InChI=1S/C6H15N3O/c7-4-3-6(8,9)2-1-5-10/h5H,1-4,7-9H2. The van der Waals surface area contributed by atoms with Crippen LogP contribution in [0.25, 0.3) is 0 Å². The average Bonchev–Trinajstić information content (AvgIpc) is 1.84. The highest BCUT2D eigenvalue weighted by molar-refractivity contribution is 5.49. The molecule has 0 aliphatic rings. The Morgan fingerprint density at radius 1 is 1.30 bits per heavy atom. The number of aldehydes is 1. The SMILES string of the molecule is NCCC(N)(N)CCC=O. The van der Waals surface area contributed by atoms with Gasteiger partial charge in [0.1, 0.15) is 6.29 Å². The largest absolute Gasteiger partial charge is 0.330 e. The number of rotatable bonds is 5. The summed E-state index contributed by atoms with van der Waals surface area (Å²) in [5.41, 5.74) is 15.6. The van der Waals surface area contributed by atoms with E-state index in [2.05, 4.69) is 0 Å². The molecular weight excluding hydrogens is 130 g/mol. The van der Waals surface area contributed by atoms with Gasteiger partial charge in [0.2, 0.25) is 0 Å². The Balaban J connectivity index is 3.51. The van der Waals surface area contributed by atoms with Gasteiger partial charge in [0.05, 0.1) is 5.66 Å². The van der Waals surface area contributed by atoms with Crippen molar-refractivity contribution in [2.24, 2.45) is 17.2 Å². The molecule has 0 atom stereocenters. The minimum Gasteiger partial charge on any atom is -0.330 e. The molecule has 0 fully saturated rings. The maximum absolute atomic E-state index is 9.91. The Bertz CT molecular complexity index is 103. The molecule has 0 radical (unpaired) electrons. The molecule has 0 aromatic carbocycles. The van der Waals surface area contributed by atoms with Crippen molar-refractivity contribution < 1.29 is 4.79 Å². The molecule has 0 rings (SSSR count). The van der Waals surface area contributed by atoms with E-state index in [1.54, 1.807) is 0 Å². The van der Waals surface area contributed by atoms with Crippen molar-refractivity contribution in [3.63, 3.8) is 0 Å². The summed E-state index contributed by atoms with van der Waals surface area (Å²) in [5, 5.41) is 0. The van der Waals surface area contributed by atoms with E-state index in [0.717, 1.165) is 6.29 Å². The molecule has 0 aliphatic carbocycles. The minimum atomic E-state index is -0.754. The highest BCUT2D eigenvalue weighted by atomic mass is 16.1. The number of hydrogen-bond acceptors (Lipinski definition) is 4. The zero-order valence-electron chi connectivity index (χ0n) is 6.05. The number of carbonyl (C=O) groups is 1. The van der Waals surface area contributed by atoms with Crippen LogP contribution in [0.15, 0.2) is 0 Å². The molecule has 0 aromatic heterocycles. The molecule has 0 aliphatic heterocycles. The number of nitrogens with two attached hydrogens (primary N) is 3. The molecule has 0 saturated heterocycles. The molecule has 0 unspecified atom stereocenters. The van der Waals surface area contributed by atoms with Gasteiger partial charge >= 0.3 is 0 Å². The van der Waals surface area contributed by atoms with Crippen LogP contribution in [0.3, 0.4) is 0 Å². The lowest BCUT2D eigenvalue weighted by Gasteiger charge is -2.22. The van der Waals surface area contributed by atoms with E-state index in [-0.39, 0.29) is 0 Å². The highest BCUT2D eigenvalue weighted by Crippen LogP contribution is 2.04. The van der Waals surface area contributed by atoms with Gasteiger partial charge in [0, 0.05) is 6.42 Å². The van der Waals surface area contributed by atoms with Crippen molar-refractivity contribution in [3.8, 4) is 0 Å². The molecule has 0 aromatic rings. The van der Waals surface area contributed by atoms with Crippen molar-refractivity contribution in [2.45, 2.75) is 24.9 Å². The molecule has 0 saturated carbocycles. The summed E-state index contributed by atoms with van der Waals surface area (Å²) in [4.78, 5) is 9.91. The molecule has 4 heteroatoms. The second kappa shape index (κ2) is 4.38. The minimum absolute atomic E-state index is 0.410. The molecule has 4 nitrogen and oxygen atoms in total. The molecule has 0 amide bonds. The van der Waals surface area contributed by atoms with Gasteiger partial charge in [0.25, 0.3) is 0 Å². The Morgan fingerprint density at radius 3 is 2.30 bits per heavy atom. The molecule has 0 bridgehead atoms. The third-order valence-electron chi connectivity index (χ3n) is 1.34. The van der Waals surface area contributed by atoms with Crippen LogP contribution in [0.4, 0.5) is 0 Å². The van der Waals surface area contributed by atoms with Crippen LogP contribution < -0.4 is 17.2 Å². The Labute approximate surface area is 60.7 Å². The Kier molecular flexibility index (Phi) is 4.18. The van der Waals surface area contributed by atoms with Gasteiger partial charge < -0.3 is 22.0 Å². The smallest absolute Gasteiger partial charge is 0.120 e. The van der Waals surface area contributed by atoms with E-state index >= 15 is 0 Å². The summed E-state index contributed by atoms with van der Waals surface area (Å²) in [6, 6.07) is 0. The summed E-state index contributed by atoms with van der Waals surface area (Å²) >= 11 is 0. The quantitative estimate of drug-likeness (QED) is 0.339. The van der Waals surface area contributed by atoms with E-state index in [4.69, 9.17) is 17.2 Å². The fraction of sp³-hybridized carbons (Fsp3) is 0.833. The monoisotopic (exact) mass is 145 g/mol. The third kappa shape index (κ3) is 4.43. The van der Waals surface area contributed by atoms with Gasteiger partial charge in [-0.1, -0.05) is 0 Å². The normalized spacial score (nSPS) is 11.5. The van der Waals surface area contributed by atoms with Crippen LogP contribution in [0.2, 0.25) is 0 Å². The first-order valence-corrected chi connectivity index (χ1v) is 3.34. The molecule has 10 heavy (non-hydrogen) atoms. The van der Waals surface area contributed by atoms with E-state index < -0.39 is 5.66 Å². The van der Waals surface area contributed by atoms with Gasteiger partial charge in [0.15, 0.2) is 0 Å². The third-order valence-corrected chi connectivity index (χ3v) is 1.34. The first-order valence-electron chi connectivity index (χ1n) is 3.34. The lowest BCUT2D eigenvalue weighted by molar-refractivity contribution is -0.108. The molecule has 0 heterocycles. The Hall–Kier alpha value is -0.450. The number of carbonyl (C=O) groups excluding carboxylic acids is 1. The maximum Gasteiger partial charge on any atom is 0.120 e. The zero-order chi connectivity index (χ0) is 8.04. The first-order chi connectivity index (χ1) is 4.62. The molecule has 6 N–H and O–H groups in total. The summed E-state index contributed by atoms with van der Waals surface area (Å²) in [7, 11) is 0. The van der Waals surface area contributed by atoms with Gasteiger partial charge in [-0.05, 0) is 19.4 Å². The van der Waals surface area contributed by atoms with Crippen molar-refractivity contribution in [2.75, 3.05) is 6.54 Å². The molecule has 60 valence electrons. The van der Waals surface area contributed by atoms with Crippen LogP contribution in [-0.2, 0) is 4.79 Å². The van der Waals surface area contributed by atoms with Crippen LogP contribution >= 0.6 is 0 Å². The van der Waals surface area contributed by atoms with Crippen molar-refractivity contribution in [3.05, 3.63) is 0 Å². The van der Waals surface area contributed by atoms with Gasteiger partial charge in [-0.15, -0.1) is 0 Å². The van der Waals surface area contributed by atoms with Gasteiger partial charge in [-0.25, -0.2) is 0 Å². The Morgan fingerprint density at radius 2 is 1.90 bits per heavy atom. The van der Waals surface area contributed by atoms with Crippen LogP contribution in [0.1, 0.15) is 19.3 Å². The summed E-state index contributed by atoms with van der Waals surface area (Å²) in [5.74, 6) is 0. The van der Waals surface area contributed by atoms with Crippen molar-refractivity contribution >= 4 is 6.29 Å². The lowest BCUT2D eigenvalue weighted by Crippen LogP contribution is -2.50. The summed E-state index contributed by atoms with van der Waals surface area (Å²) < 4.78 is 0. The van der Waals surface area contributed by atoms with Crippen LogP contribution in [0.5, 0.6) is 0 Å². The van der Waals surface area contributed by atoms with E-state index in [0.29, 0.717) is 25.8 Å². The van der Waals surface area contributed by atoms with Crippen molar-refractivity contribution in [1.29, 1.82) is 0 Å². The average molecular weight is 145 g/mol. The van der Waals surface area contributed by atoms with E-state index in [1.165, 1.54) is 0 Å². The van der Waals surface area contributed by atoms with E-state index in [1.807, 2.05) is 0 Å². The fourth-order valence-electron chi connectivity index (χ4n) is 0.721. The first kappa shape index (κ1) is 9.55. The highest BCUT2D eigenvalue weighted by Gasteiger charge is 2.16. The lowest BCUT2D eigenvalue weighted by atomic mass is 10.0. The second-order valence-corrected chi connectivity index (χ2v) is 2.48. The maximum atomic E-state index is 9.91. The predicted molar refractivity (Wildman–Crippen MR) is 40.1 cm³/mol. The zero-order valence-corrected chi connectivity index (χ0v) is 6.05. The number of hydrogen-bond donors (Lipinski definition) is 3. The van der Waals surface area contributed by atoms with E-state index in [9.17, 15) is 4.79 Å². The van der Waals surface area contributed by atoms with Crippen LogP contribution in [0, 0.1) is 0 Å². The summed E-state index contributed by atoms with van der Waals surface area (Å²) in [6.45, 7) is 0.464. The van der Waals surface area contributed by atoms with Gasteiger partial charge in [-0.2, -0.15) is 0 Å². The van der Waals surface area contributed by atoms with Crippen molar-refractivity contribution in [1.82, 2.24) is 0 Å². The van der Waals surface area contributed by atoms with Crippen LogP contribution in [-0.4, -0.2) is 18.5 Å². The summed E-state index contributed by atoms with van der Waals surface area (Å²) in [6.07, 6.45) is 2.28. The molecule has 0 spiro atoms. The topological polar surface area (TPSA) is 95.1 Å².